The maximum absolute atomic E-state index is 4.94. The number of benzene rings is 2. The van der Waals surface area contributed by atoms with Gasteiger partial charge < -0.3 is 43.4 Å². The van der Waals surface area contributed by atoms with E-state index in [2.05, 4.69) is 80.3 Å². The maximum atomic E-state index is 4.94. The second-order valence-electron chi connectivity index (χ2n) is 6.90. The van der Waals surface area contributed by atoms with E-state index in [9.17, 15) is 0 Å². The summed E-state index contributed by atoms with van der Waals surface area (Å²) in [6.45, 7) is 10.7. The van der Waals surface area contributed by atoms with E-state index in [0.29, 0.717) is 0 Å². The SMILES string of the molecule is C1CCOC1.C1CCOC1.CC[N]([Hf+2][N](CC)c1ccccc1)c1ccccc1.[Br-].[Br-]. The topological polar surface area (TPSA) is 24.9 Å². The van der Waals surface area contributed by atoms with E-state index in [0.717, 1.165) is 39.5 Å². The molecule has 0 N–H and O–H groups in total. The van der Waals surface area contributed by atoms with E-state index >= 15 is 0 Å². The van der Waals surface area contributed by atoms with Gasteiger partial charge in [0, 0.05) is 26.4 Å². The zero-order chi connectivity index (χ0) is 20.6. The molecule has 2 heterocycles. The van der Waals surface area contributed by atoms with Crippen LogP contribution in [0, 0.1) is 0 Å². The fourth-order valence-electron chi connectivity index (χ4n) is 3.00. The molecule has 31 heavy (non-hydrogen) atoms. The van der Waals surface area contributed by atoms with Gasteiger partial charge in [0.05, 0.1) is 0 Å². The van der Waals surface area contributed by atoms with E-state index in [1.807, 2.05) is 0 Å². The van der Waals surface area contributed by atoms with Gasteiger partial charge in [-0.1, -0.05) is 0 Å². The van der Waals surface area contributed by atoms with Crippen molar-refractivity contribution in [3.63, 3.8) is 0 Å². The summed E-state index contributed by atoms with van der Waals surface area (Å²) in [4.78, 5) is 0. The smallest absolute Gasteiger partial charge is 1.00 e. The van der Waals surface area contributed by atoms with Crippen LogP contribution in [0.5, 0.6) is 0 Å². The minimum atomic E-state index is -1.05. The largest absolute Gasteiger partial charge is 1.00 e. The summed E-state index contributed by atoms with van der Waals surface area (Å²) in [7, 11) is 0. The predicted octanol–water partition coefficient (Wildman–Crippen LogP) is -0.446. The van der Waals surface area contributed by atoms with E-state index in [1.54, 1.807) is 0 Å². The first-order chi connectivity index (χ1) is 14.3. The van der Waals surface area contributed by atoms with Gasteiger partial charge in [-0.3, -0.25) is 0 Å². The Bertz CT molecular complexity index is 559. The minimum Gasteiger partial charge on any atom is -1.00 e. The standard InChI is InChI=1S/2C8H10N.2C4H8O.2BrH.Hf/c2*1-2-9-8-6-4-3-5-7-8;2*1-2-4-5-3-1;;;/h2*3-7H,2H2,1H3;2*1-4H2;2*1H;/q2*-1;;;;;+4/p-2. The number of nitrogens with zero attached hydrogens (tertiary/aromatic N) is 2. The van der Waals surface area contributed by atoms with Gasteiger partial charge in [0.1, 0.15) is 0 Å². The van der Waals surface area contributed by atoms with E-state index in [4.69, 9.17) is 9.47 Å². The summed E-state index contributed by atoms with van der Waals surface area (Å²) in [5.74, 6) is 0. The first-order valence-corrected chi connectivity index (χ1v) is 14.1. The molecular weight excluding hydrogens is 687 g/mol. The fourth-order valence-corrected chi connectivity index (χ4v) is 6.97. The average Bonchev–Trinajstić information content (AvgIpc) is 3.55. The second-order valence-corrected chi connectivity index (χ2v) is 11.5. The molecule has 2 aliphatic heterocycles. The first kappa shape index (κ1) is 30.8. The quantitative estimate of drug-likeness (QED) is 0.378. The summed E-state index contributed by atoms with van der Waals surface area (Å²) >= 11 is -1.05. The summed E-state index contributed by atoms with van der Waals surface area (Å²) in [5, 5.41) is 0. The van der Waals surface area contributed by atoms with Crippen molar-refractivity contribution >= 4 is 11.4 Å². The molecule has 0 amide bonds. The van der Waals surface area contributed by atoms with E-state index in [1.165, 1.54) is 37.1 Å². The van der Waals surface area contributed by atoms with Crippen LogP contribution in [0.25, 0.3) is 0 Å². The molecule has 0 radical (unpaired) electrons. The third-order valence-corrected chi connectivity index (χ3v) is 10.5. The molecule has 2 fully saturated rings. The van der Waals surface area contributed by atoms with Crippen LogP contribution >= 0.6 is 0 Å². The molecule has 0 aliphatic carbocycles. The zero-order valence-electron chi connectivity index (χ0n) is 18.8. The normalized spacial score (nSPS) is 13.7. The number of ether oxygens (including phenoxy) is 2. The average molecular weight is 723 g/mol. The molecule has 2 aromatic carbocycles. The summed E-state index contributed by atoms with van der Waals surface area (Å²) in [5.41, 5.74) is 2.73. The molecule has 0 atom stereocenters. The van der Waals surface area contributed by atoms with Crippen LogP contribution in [0.15, 0.2) is 60.7 Å². The molecular formula is C24H36Br2HfN2O2. The van der Waals surface area contributed by atoms with Crippen LogP contribution in [-0.2, 0) is 33.0 Å². The van der Waals surface area contributed by atoms with Crippen molar-refractivity contribution in [3.05, 3.63) is 60.7 Å². The summed E-state index contributed by atoms with van der Waals surface area (Å²) in [6, 6.07) is 21.5. The molecule has 4 rings (SSSR count). The number of para-hydroxylation sites is 2. The van der Waals surface area contributed by atoms with Crippen LogP contribution < -0.4 is 39.7 Å². The van der Waals surface area contributed by atoms with Gasteiger partial charge in [-0.2, -0.15) is 0 Å². The van der Waals surface area contributed by atoms with E-state index in [-0.39, 0.29) is 34.0 Å². The Kier molecular flexibility index (Phi) is 20.3. The van der Waals surface area contributed by atoms with Crippen molar-refractivity contribution in [2.45, 2.75) is 39.5 Å². The van der Waals surface area contributed by atoms with Crippen molar-refractivity contribution in [3.8, 4) is 0 Å². The van der Waals surface area contributed by atoms with Gasteiger partial charge in [-0.15, -0.1) is 0 Å². The molecule has 0 spiro atoms. The third kappa shape index (κ3) is 13.2. The molecule has 7 heteroatoms. The Morgan fingerprint density at radius 1 is 0.613 bits per heavy atom. The minimum absolute atomic E-state index is 0. The van der Waals surface area contributed by atoms with Crippen LogP contribution in [-0.4, -0.2) is 39.5 Å². The Morgan fingerprint density at radius 3 is 1.16 bits per heavy atom. The molecule has 0 unspecified atom stereocenters. The molecule has 172 valence electrons. The van der Waals surface area contributed by atoms with Gasteiger partial charge in [0.2, 0.25) is 0 Å². The number of halogens is 2. The molecule has 0 aromatic heterocycles. The number of hydrogen-bond donors (Lipinski definition) is 0. The number of anilines is 2. The molecule has 2 saturated heterocycles. The van der Waals surface area contributed by atoms with E-state index < -0.39 is 23.5 Å². The van der Waals surface area contributed by atoms with Crippen LogP contribution in [0.3, 0.4) is 0 Å². The van der Waals surface area contributed by atoms with Crippen molar-refractivity contribution in [2.24, 2.45) is 0 Å². The maximum Gasteiger partial charge on any atom is -1.00 e. The van der Waals surface area contributed by atoms with Crippen molar-refractivity contribution in [1.82, 2.24) is 0 Å². The van der Waals surface area contributed by atoms with Gasteiger partial charge in [0.15, 0.2) is 0 Å². The summed E-state index contributed by atoms with van der Waals surface area (Å²) < 4.78 is 15.0. The van der Waals surface area contributed by atoms with Crippen molar-refractivity contribution < 1.29 is 66.9 Å². The van der Waals surface area contributed by atoms with Gasteiger partial charge >= 0.3 is 128 Å². The van der Waals surface area contributed by atoms with Gasteiger partial charge in [0.25, 0.3) is 0 Å². The first-order valence-electron chi connectivity index (χ1n) is 10.9. The Labute approximate surface area is 222 Å². The Balaban J connectivity index is 0.000000615. The van der Waals surface area contributed by atoms with Gasteiger partial charge in [-0.25, -0.2) is 0 Å². The fraction of sp³-hybridized carbons (Fsp3) is 0.500. The van der Waals surface area contributed by atoms with Crippen molar-refractivity contribution in [1.29, 1.82) is 0 Å². The molecule has 2 aromatic rings. The molecule has 4 nitrogen and oxygen atoms in total. The Morgan fingerprint density at radius 2 is 0.935 bits per heavy atom. The predicted molar refractivity (Wildman–Crippen MR) is 119 cm³/mol. The zero-order valence-corrected chi connectivity index (χ0v) is 25.6. The third-order valence-electron chi connectivity index (χ3n) is 4.66. The van der Waals surface area contributed by atoms with Crippen LogP contribution in [0.1, 0.15) is 39.5 Å². The van der Waals surface area contributed by atoms with Crippen LogP contribution in [0.4, 0.5) is 11.4 Å². The second kappa shape index (κ2) is 20.4. The number of rotatable bonds is 6. The van der Waals surface area contributed by atoms with Gasteiger partial charge in [-0.05, 0) is 25.7 Å². The summed E-state index contributed by atoms with van der Waals surface area (Å²) in [6.07, 6.45) is 5.11. The van der Waals surface area contributed by atoms with Crippen molar-refractivity contribution in [2.75, 3.05) is 45.3 Å². The molecule has 2 aliphatic rings. The monoisotopic (exact) mass is 722 g/mol. The number of hydrogen-bond acceptors (Lipinski definition) is 4. The van der Waals surface area contributed by atoms with Crippen LogP contribution in [0.2, 0.25) is 0 Å². The Hall–Kier alpha value is -0.210. The molecule has 0 saturated carbocycles. The molecule has 0 bridgehead atoms.